The molecule has 2 N–H and O–H groups in total. The van der Waals surface area contributed by atoms with E-state index >= 15 is 0 Å². The van der Waals surface area contributed by atoms with Crippen LogP contribution in [-0.4, -0.2) is 30.6 Å². The summed E-state index contributed by atoms with van der Waals surface area (Å²) in [5.74, 6) is 2.34. The molecule has 1 saturated heterocycles. The van der Waals surface area contributed by atoms with Crippen LogP contribution in [0.2, 0.25) is 0 Å². The highest BCUT2D eigenvalue weighted by Gasteiger charge is 2.64. The molecule has 5 heteroatoms. The van der Waals surface area contributed by atoms with Crippen molar-refractivity contribution in [3.8, 4) is 11.5 Å². The monoisotopic (exact) mass is 404 g/mol. The number of nitrogens with one attached hydrogen (secondary N) is 2. The lowest BCUT2D eigenvalue weighted by Crippen LogP contribution is -2.68. The molecule has 2 aromatic carbocycles. The number of amides is 1. The summed E-state index contributed by atoms with van der Waals surface area (Å²) in [5, 5.41) is 6.97. The lowest BCUT2D eigenvalue weighted by Gasteiger charge is -2.56. The van der Waals surface area contributed by atoms with Crippen LogP contribution in [0.1, 0.15) is 42.9 Å². The second kappa shape index (κ2) is 6.74. The SMILES string of the molecule is CC(=O)N[C@H]1CCC2C3Cc4ccc(OCc5ccccc5)c5c4C2(CCN3)[C@H]1O5. The van der Waals surface area contributed by atoms with E-state index in [1.54, 1.807) is 6.92 Å². The predicted molar refractivity (Wildman–Crippen MR) is 114 cm³/mol. The number of carbonyl (C=O) groups is 1. The Morgan fingerprint density at radius 2 is 2.10 bits per heavy atom. The average Bonchev–Trinajstić information content (AvgIpc) is 3.09. The first kappa shape index (κ1) is 18.3. The molecule has 30 heavy (non-hydrogen) atoms. The van der Waals surface area contributed by atoms with Crippen LogP contribution >= 0.6 is 0 Å². The second-order valence-electron chi connectivity index (χ2n) is 9.29. The zero-order chi connectivity index (χ0) is 20.3. The third-order valence-electron chi connectivity index (χ3n) is 7.74. The standard InChI is InChI=1S/C25H28N2O3/c1-15(28)27-19-9-8-18-20-13-17-7-10-21(29-14-16-5-3-2-4-6-16)23-22(17)25(18,11-12-26-20)24(19)30-23/h2-7,10,18-20,24,26H,8-9,11-14H2,1H3,(H,27,28)/t18?,19-,20?,24-,25?/m0/s1. The van der Waals surface area contributed by atoms with E-state index in [1.165, 1.54) is 11.1 Å². The van der Waals surface area contributed by atoms with Crippen LogP contribution < -0.4 is 20.1 Å². The van der Waals surface area contributed by atoms with Crippen molar-refractivity contribution in [2.75, 3.05) is 6.54 Å². The number of ether oxygens (including phenoxy) is 2. The van der Waals surface area contributed by atoms with E-state index in [9.17, 15) is 4.79 Å². The van der Waals surface area contributed by atoms with Crippen LogP contribution in [0.5, 0.6) is 11.5 Å². The Hall–Kier alpha value is -2.53. The van der Waals surface area contributed by atoms with Gasteiger partial charge < -0.3 is 20.1 Å². The number of piperidine rings is 1. The number of hydrogen-bond acceptors (Lipinski definition) is 4. The molecule has 5 nitrogen and oxygen atoms in total. The zero-order valence-electron chi connectivity index (χ0n) is 17.3. The van der Waals surface area contributed by atoms with Gasteiger partial charge in [-0.3, -0.25) is 4.79 Å². The topological polar surface area (TPSA) is 59.6 Å². The predicted octanol–water partition coefficient (Wildman–Crippen LogP) is 3.10. The maximum absolute atomic E-state index is 11.9. The Bertz CT molecular complexity index is 991. The molecule has 1 spiro atoms. The summed E-state index contributed by atoms with van der Waals surface area (Å²) in [6.45, 7) is 3.13. The van der Waals surface area contributed by atoms with Gasteiger partial charge in [0.15, 0.2) is 11.5 Å². The smallest absolute Gasteiger partial charge is 0.217 e. The highest BCUT2D eigenvalue weighted by Crippen LogP contribution is 2.62. The molecule has 0 radical (unpaired) electrons. The lowest BCUT2D eigenvalue weighted by atomic mass is 9.51. The Labute approximate surface area is 177 Å². The van der Waals surface area contributed by atoms with Gasteiger partial charge in [0.05, 0.1) is 6.04 Å². The van der Waals surface area contributed by atoms with Gasteiger partial charge in [-0.05, 0) is 55.3 Å². The summed E-state index contributed by atoms with van der Waals surface area (Å²) in [7, 11) is 0. The van der Waals surface area contributed by atoms with Crippen molar-refractivity contribution in [1.29, 1.82) is 0 Å². The molecule has 1 amide bonds. The summed E-state index contributed by atoms with van der Waals surface area (Å²) in [5.41, 5.74) is 3.88. The van der Waals surface area contributed by atoms with Crippen molar-refractivity contribution < 1.29 is 14.3 Å². The molecule has 2 heterocycles. The molecule has 2 aliphatic heterocycles. The van der Waals surface area contributed by atoms with Gasteiger partial charge in [-0.2, -0.15) is 0 Å². The third kappa shape index (κ3) is 2.54. The zero-order valence-corrected chi connectivity index (χ0v) is 17.3. The molecule has 3 unspecified atom stereocenters. The molecule has 6 rings (SSSR count). The Morgan fingerprint density at radius 3 is 2.93 bits per heavy atom. The number of benzene rings is 2. The van der Waals surface area contributed by atoms with Crippen molar-refractivity contribution in [1.82, 2.24) is 10.6 Å². The van der Waals surface area contributed by atoms with Gasteiger partial charge in [0.25, 0.3) is 0 Å². The van der Waals surface area contributed by atoms with E-state index in [4.69, 9.17) is 9.47 Å². The van der Waals surface area contributed by atoms with Gasteiger partial charge in [-0.1, -0.05) is 36.4 Å². The van der Waals surface area contributed by atoms with Crippen molar-refractivity contribution in [3.05, 3.63) is 59.2 Å². The number of rotatable bonds is 4. The van der Waals surface area contributed by atoms with Crippen molar-refractivity contribution in [3.63, 3.8) is 0 Å². The largest absolute Gasteiger partial charge is 0.485 e. The molecule has 0 aromatic heterocycles. The molecule has 2 aromatic rings. The van der Waals surface area contributed by atoms with E-state index in [1.807, 2.05) is 18.2 Å². The number of hydrogen-bond donors (Lipinski definition) is 2. The fourth-order valence-electron chi connectivity index (χ4n) is 6.71. The first-order valence-electron chi connectivity index (χ1n) is 11.2. The minimum absolute atomic E-state index is 0.0136. The van der Waals surface area contributed by atoms with Gasteiger partial charge >= 0.3 is 0 Å². The number of carbonyl (C=O) groups excluding carboxylic acids is 1. The fraction of sp³-hybridized carbons (Fsp3) is 0.480. The lowest BCUT2D eigenvalue weighted by molar-refractivity contribution is -0.121. The maximum atomic E-state index is 11.9. The minimum Gasteiger partial charge on any atom is -0.485 e. The quantitative estimate of drug-likeness (QED) is 0.822. The van der Waals surface area contributed by atoms with Crippen molar-refractivity contribution in [2.45, 2.75) is 62.8 Å². The average molecular weight is 405 g/mol. The van der Waals surface area contributed by atoms with Gasteiger partial charge in [0, 0.05) is 23.9 Å². The van der Waals surface area contributed by atoms with Gasteiger partial charge in [0.1, 0.15) is 12.7 Å². The minimum atomic E-state index is -0.0175. The van der Waals surface area contributed by atoms with E-state index in [0.29, 0.717) is 18.6 Å². The molecular weight excluding hydrogens is 376 g/mol. The van der Waals surface area contributed by atoms with Crippen LogP contribution in [0.15, 0.2) is 42.5 Å². The molecule has 156 valence electrons. The first-order valence-corrected chi connectivity index (χ1v) is 11.2. The van der Waals surface area contributed by atoms with Crippen LogP contribution in [0.4, 0.5) is 0 Å². The van der Waals surface area contributed by atoms with Gasteiger partial charge in [0.2, 0.25) is 5.91 Å². The molecule has 1 saturated carbocycles. The third-order valence-corrected chi connectivity index (χ3v) is 7.74. The van der Waals surface area contributed by atoms with E-state index in [0.717, 1.165) is 49.3 Å². The van der Waals surface area contributed by atoms with Crippen LogP contribution in [0.3, 0.4) is 0 Å². The van der Waals surface area contributed by atoms with Gasteiger partial charge in [-0.25, -0.2) is 0 Å². The van der Waals surface area contributed by atoms with Crippen LogP contribution in [0.25, 0.3) is 0 Å². The van der Waals surface area contributed by atoms with Gasteiger partial charge in [-0.15, -0.1) is 0 Å². The van der Waals surface area contributed by atoms with Crippen molar-refractivity contribution in [2.24, 2.45) is 5.92 Å². The summed E-state index contributed by atoms with van der Waals surface area (Å²) >= 11 is 0. The summed E-state index contributed by atoms with van der Waals surface area (Å²) in [6.07, 6.45) is 4.18. The highest BCUT2D eigenvalue weighted by molar-refractivity contribution is 5.73. The summed E-state index contributed by atoms with van der Waals surface area (Å²) in [6, 6.07) is 15.1. The highest BCUT2D eigenvalue weighted by atomic mass is 16.5. The van der Waals surface area contributed by atoms with E-state index in [-0.39, 0.29) is 23.5 Å². The molecule has 2 bridgehead atoms. The molecule has 5 atom stereocenters. The fourth-order valence-corrected chi connectivity index (χ4v) is 6.71. The van der Waals surface area contributed by atoms with E-state index in [2.05, 4.69) is 34.9 Å². The van der Waals surface area contributed by atoms with Crippen LogP contribution in [-0.2, 0) is 23.2 Å². The molecule has 2 aliphatic carbocycles. The molecule has 2 fully saturated rings. The Morgan fingerprint density at radius 1 is 1.23 bits per heavy atom. The van der Waals surface area contributed by atoms with Crippen LogP contribution in [0, 0.1) is 5.92 Å². The molecule has 4 aliphatic rings. The van der Waals surface area contributed by atoms with Crippen molar-refractivity contribution >= 4 is 5.91 Å². The maximum Gasteiger partial charge on any atom is 0.217 e. The Balaban J connectivity index is 1.42. The summed E-state index contributed by atoms with van der Waals surface area (Å²) in [4.78, 5) is 11.9. The summed E-state index contributed by atoms with van der Waals surface area (Å²) < 4.78 is 13.0. The second-order valence-corrected chi connectivity index (χ2v) is 9.29. The molecular formula is C25H28N2O3. The first-order chi connectivity index (χ1) is 14.7. The Kier molecular flexibility index (Phi) is 4.10. The normalized spacial score (nSPS) is 32.7. The van der Waals surface area contributed by atoms with E-state index < -0.39 is 0 Å².